The van der Waals surface area contributed by atoms with Crippen molar-refractivity contribution in [3.05, 3.63) is 23.8 Å². The number of imidazole rings is 1. The van der Waals surface area contributed by atoms with Crippen LogP contribution >= 0.6 is 11.8 Å². The Balaban J connectivity index is 2.60. The summed E-state index contributed by atoms with van der Waals surface area (Å²) in [6.07, 6.45) is 0.906. The van der Waals surface area contributed by atoms with Gasteiger partial charge in [0.05, 0.1) is 16.8 Å². The molecule has 1 heterocycles. The molecule has 0 amide bonds. The Hall–Kier alpha value is -2.00. The first kappa shape index (κ1) is 14.4. The van der Waals surface area contributed by atoms with Gasteiger partial charge in [-0.1, -0.05) is 24.8 Å². The number of para-hydroxylation sites is 1. The van der Waals surface area contributed by atoms with Gasteiger partial charge in [-0.15, -0.1) is 0 Å². The van der Waals surface area contributed by atoms with Crippen molar-refractivity contribution in [1.29, 1.82) is 5.26 Å². The molecule has 0 aliphatic rings. The molecule has 0 aliphatic heterocycles. The smallest absolute Gasteiger partial charge is 0.313 e. The van der Waals surface area contributed by atoms with E-state index in [1.54, 1.807) is 6.07 Å². The summed E-state index contributed by atoms with van der Waals surface area (Å²) in [5.74, 6) is -0.917. The van der Waals surface area contributed by atoms with E-state index in [1.807, 2.05) is 16.7 Å². The van der Waals surface area contributed by atoms with Crippen LogP contribution in [-0.4, -0.2) is 26.4 Å². The van der Waals surface area contributed by atoms with E-state index in [1.165, 1.54) is 11.8 Å². The van der Waals surface area contributed by atoms with Gasteiger partial charge in [0.15, 0.2) is 5.16 Å². The summed E-state index contributed by atoms with van der Waals surface area (Å²) in [4.78, 5) is 15.2. The SMILES string of the molecule is CCC(C)n1c(SCC(=O)O)nc2c(C#N)cccc21. The number of hydrogen-bond acceptors (Lipinski definition) is 4. The van der Waals surface area contributed by atoms with Crippen LogP contribution in [0.15, 0.2) is 23.4 Å². The Bertz CT molecular complexity index is 688. The number of carboxylic acid groups (broad SMARTS) is 1. The van der Waals surface area contributed by atoms with Crippen LogP contribution in [0.1, 0.15) is 31.9 Å². The monoisotopic (exact) mass is 289 g/mol. The van der Waals surface area contributed by atoms with Gasteiger partial charge in [-0.3, -0.25) is 4.79 Å². The number of benzene rings is 1. The number of aliphatic carboxylic acids is 1. The standard InChI is InChI=1S/C14H15N3O2S/c1-3-9(2)17-11-6-4-5-10(7-15)13(11)16-14(17)20-8-12(18)19/h4-6,9H,3,8H2,1-2H3,(H,18,19). The van der Waals surface area contributed by atoms with Gasteiger partial charge in [-0.2, -0.15) is 5.26 Å². The number of hydrogen-bond donors (Lipinski definition) is 1. The molecule has 1 unspecified atom stereocenters. The fraction of sp³-hybridized carbons (Fsp3) is 0.357. The Morgan fingerprint density at radius 2 is 2.35 bits per heavy atom. The van der Waals surface area contributed by atoms with Crippen molar-refractivity contribution in [2.45, 2.75) is 31.5 Å². The molecule has 1 atom stereocenters. The highest BCUT2D eigenvalue weighted by molar-refractivity contribution is 7.99. The third-order valence-corrected chi connectivity index (χ3v) is 4.10. The Labute approximate surface area is 121 Å². The number of nitriles is 1. The average molecular weight is 289 g/mol. The highest BCUT2D eigenvalue weighted by Gasteiger charge is 2.18. The lowest BCUT2D eigenvalue weighted by molar-refractivity contribution is -0.133. The maximum absolute atomic E-state index is 10.8. The molecular weight excluding hydrogens is 274 g/mol. The van der Waals surface area contributed by atoms with Crippen molar-refractivity contribution in [1.82, 2.24) is 9.55 Å². The van der Waals surface area contributed by atoms with Crippen molar-refractivity contribution < 1.29 is 9.90 Å². The van der Waals surface area contributed by atoms with Crippen molar-refractivity contribution in [3.63, 3.8) is 0 Å². The lowest BCUT2D eigenvalue weighted by atomic mass is 10.2. The summed E-state index contributed by atoms with van der Waals surface area (Å²) in [5.41, 5.74) is 2.04. The predicted molar refractivity (Wildman–Crippen MR) is 77.8 cm³/mol. The van der Waals surface area contributed by atoms with E-state index in [9.17, 15) is 4.79 Å². The molecule has 0 saturated carbocycles. The van der Waals surface area contributed by atoms with Gasteiger partial charge in [0.2, 0.25) is 0 Å². The Morgan fingerprint density at radius 3 is 2.95 bits per heavy atom. The summed E-state index contributed by atoms with van der Waals surface area (Å²) in [7, 11) is 0. The molecule has 0 radical (unpaired) electrons. The Kier molecular flexibility index (Phi) is 4.30. The molecule has 1 N–H and O–H groups in total. The minimum Gasteiger partial charge on any atom is -0.481 e. The van der Waals surface area contributed by atoms with Crippen molar-refractivity contribution in [3.8, 4) is 6.07 Å². The van der Waals surface area contributed by atoms with Gasteiger partial charge in [0.25, 0.3) is 0 Å². The third-order valence-electron chi connectivity index (χ3n) is 3.16. The molecule has 20 heavy (non-hydrogen) atoms. The fourth-order valence-corrected chi connectivity index (χ4v) is 2.85. The van der Waals surface area contributed by atoms with Gasteiger partial charge < -0.3 is 9.67 Å². The van der Waals surface area contributed by atoms with Crippen LogP contribution in [0.4, 0.5) is 0 Å². The molecule has 5 nitrogen and oxygen atoms in total. The van der Waals surface area contributed by atoms with Crippen molar-refractivity contribution in [2.75, 3.05) is 5.75 Å². The van der Waals surface area contributed by atoms with Crippen molar-refractivity contribution in [2.24, 2.45) is 0 Å². The number of carbonyl (C=O) groups is 1. The average Bonchev–Trinajstić information content (AvgIpc) is 2.82. The quantitative estimate of drug-likeness (QED) is 0.856. The normalized spacial score (nSPS) is 12.2. The summed E-state index contributed by atoms with van der Waals surface area (Å²) < 4.78 is 2.02. The molecule has 1 aromatic heterocycles. The molecule has 0 fully saturated rings. The van der Waals surface area contributed by atoms with Crippen LogP contribution in [0.5, 0.6) is 0 Å². The second-order valence-corrected chi connectivity index (χ2v) is 5.43. The zero-order valence-corrected chi connectivity index (χ0v) is 12.1. The number of rotatable bonds is 5. The maximum Gasteiger partial charge on any atom is 0.313 e. The fourth-order valence-electron chi connectivity index (χ4n) is 2.02. The van der Waals surface area contributed by atoms with E-state index in [4.69, 9.17) is 10.4 Å². The van der Waals surface area contributed by atoms with Crippen LogP contribution in [0, 0.1) is 11.3 Å². The summed E-state index contributed by atoms with van der Waals surface area (Å²) in [5, 5.41) is 18.6. The summed E-state index contributed by atoms with van der Waals surface area (Å²) in [6.45, 7) is 4.13. The number of carboxylic acids is 1. The molecule has 1 aromatic carbocycles. The minimum absolute atomic E-state index is 0.0400. The predicted octanol–water partition coefficient (Wildman–Crippen LogP) is 3.06. The van der Waals surface area contributed by atoms with E-state index < -0.39 is 5.97 Å². The van der Waals surface area contributed by atoms with E-state index in [2.05, 4.69) is 24.9 Å². The van der Waals surface area contributed by atoms with Gasteiger partial charge in [-0.05, 0) is 25.5 Å². The molecule has 6 heteroatoms. The largest absolute Gasteiger partial charge is 0.481 e. The lowest BCUT2D eigenvalue weighted by Crippen LogP contribution is -2.07. The molecule has 2 rings (SSSR count). The van der Waals surface area contributed by atoms with E-state index in [-0.39, 0.29) is 11.8 Å². The molecule has 104 valence electrons. The molecule has 0 spiro atoms. The van der Waals surface area contributed by atoms with Gasteiger partial charge in [0, 0.05) is 6.04 Å². The second-order valence-electron chi connectivity index (χ2n) is 4.49. The zero-order valence-electron chi connectivity index (χ0n) is 11.3. The van der Waals surface area contributed by atoms with Crippen LogP contribution < -0.4 is 0 Å². The van der Waals surface area contributed by atoms with E-state index in [0.29, 0.717) is 16.2 Å². The van der Waals surface area contributed by atoms with Crippen LogP contribution in [0.3, 0.4) is 0 Å². The van der Waals surface area contributed by atoms with E-state index >= 15 is 0 Å². The number of fused-ring (bicyclic) bond motifs is 1. The number of thioether (sulfide) groups is 1. The molecular formula is C14H15N3O2S. The number of aromatic nitrogens is 2. The summed E-state index contributed by atoms with van der Waals surface area (Å²) in [6, 6.07) is 7.80. The van der Waals surface area contributed by atoms with Crippen LogP contribution in [-0.2, 0) is 4.79 Å². The van der Waals surface area contributed by atoms with Crippen LogP contribution in [0.2, 0.25) is 0 Å². The van der Waals surface area contributed by atoms with Crippen LogP contribution in [0.25, 0.3) is 11.0 Å². The van der Waals surface area contributed by atoms with Gasteiger partial charge in [-0.25, -0.2) is 4.98 Å². The first-order chi connectivity index (χ1) is 9.58. The zero-order chi connectivity index (χ0) is 14.7. The Morgan fingerprint density at radius 1 is 1.60 bits per heavy atom. The third kappa shape index (κ3) is 2.63. The van der Waals surface area contributed by atoms with E-state index in [0.717, 1.165) is 11.9 Å². The minimum atomic E-state index is -0.877. The van der Waals surface area contributed by atoms with Crippen molar-refractivity contribution >= 4 is 28.8 Å². The molecule has 0 aliphatic carbocycles. The molecule has 2 aromatic rings. The maximum atomic E-state index is 10.8. The molecule has 0 saturated heterocycles. The van der Waals surface area contributed by atoms with Gasteiger partial charge in [0.1, 0.15) is 11.6 Å². The van der Waals surface area contributed by atoms with Gasteiger partial charge >= 0.3 is 5.97 Å². The highest BCUT2D eigenvalue weighted by Crippen LogP contribution is 2.30. The molecule has 0 bridgehead atoms. The second kappa shape index (κ2) is 5.97. The first-order valence-electron chi connectivity index (χ1n) is 6.34. The number of nitrogens with zero attached hydrogens (tertiary/aromatic N) is 3. The first-order valence-corrected chi connectivity index (χ1v) is 7.32. The highest BCUT2D eigenvalue weighted by atomic mass is 32.2. The topological polar surface area (TPSA) is 78.9 Å². The lowest BCUT2D eigenvalue weighted by Gasteiger charge is -2.15. The summed E-state index contributed by atoms with van der Waals surface area (Å²) >= 11 is 1.19.